The van der Waals surface area contributed by atoms with Crippen LogP contribution in [0.3, 0.4) is 0 Å². The third-order valence-electron chi connectivity index (χ3n) is 3.17. The fourth-order valence-corrected chi connectivity index (χ4v) is 3.32. The predicted molar refractivity (Wildman–Crippen MR) is 79.0 cm³/mol. The highest BCUT2D eigenvalue weighted by Gasteiger charge is 2.14. The van der Waals surface area contributed by atoms with E-state index in [0.717, 1.165) is 39.0 Å². The summed E-state index contributed by atoms with van der Waals surface area (Å²) in [7, 11) is 0. The first-order valence-electron chi connectivity index (χ1n) is 6.28. The number of benzene rings is 1. The SMILES string of the molecule is CCc1c(C)nc2c(C)cccc2c1SCC(=O)O. The molecule has 0 spiro atoms. The molecule has 0 saturated carbocycles. The molecular formula is C15H17NO2S. The Morgan fingerprint density at radius 3 is 2.74 bits per heavy atom. The second-order valence-electron chi connectivity index (χ2n) is 4.51. The molecule has 0 bridgehead atoms. The number of thioether (sulfide) groups is 1. The van der Waals surface area contributed by atoms with Gasteiger partial charge in [0.25, 0.3) is 0 Å². The first-order chi connectivity index (χ1) is 9.04. The second-order valence-corrected chi connectivity index (χ2v) is 5.50. The van der Waals surface area contributed by atoms with E-state index in [-0.39, 0.29) is 5.75 Å². The molecule has 1 heterocycles. The predicted octanol–water partition coefficient (Wildman–Crippen LogP) is 3.59. The molecule has 0 aliphatic heterocycles. The average molecular weight is 275 g/mol. The maximum atomic E-state index is 10.8. The van der Waals surface area contributed by atoms with Crippen molar-refractivity contribution >= 4 is 28.6 Å². The van der Waals surface area contributed by atoms with Gasteiger partial charge in [0.15, 0.2) is 0 Å². The number of carboxylic acids is 1. The average Bonchev–Trinajstić information content (AvgIpc) is 2.36. The van der Waals surface area contributed by atoms with Crippen LogP contribution in [0.5, 0.6) is 0 Å². The van der Waals surface area contributed by atoms with Crippen molar-refractivity contribution in [3.05, 3.63) is 35.0 Å². The summed E-state index contributed by atoms with van der Waals surface area (Å²) >= 11 is 1.39. The van der Waals surface area contributed by atoms with Crippen molar-refractivity contribution in [1.29, 1.82) is 0 Å². The van der Waals surface area contributed by atoms with Crippen LogP contribution in [0.4, 0.5) is 0 Å². The molecule has 0 aliphatic carbocycles. The van der Waals surface area contributed by atoms with E-state index in [1.54, 1.807) is 0 Å². The van der Waals surface area contributed by atoms with Crippen molar-refractivity contribution in [1.82, 2.24) is 4.98 Å². The molecule has 2 rings (SSSR count). The maximum Gasteiger partial charge on any atom is 0.313 e. The summed E-state index contributed by atoms with van der Waals surface area (Å²) in [6.07, 6.45) is 0.866. The number of carbonyl (C=O) groups is 1. The molecule has 1 N–H and O–H groups in total. The van der Waals surface area contributed by atoms with Crippen molar-refractivity contribution in [2.75, 3.05) is 5.75 Å². The number of aryl methyl sites for hydroxylation is 2. The van der Waals surface area contributed by atoms with Crippen LogP contribution in [0.1, 0.15) is 23.7 Å². The molecule has 0 radical (unpaired) electrons. The molecule has 0 aliphatic rings. The number of hydrogen-bond donors (Lipinski definition) is 1. The Morgan fingerprint density at radius 1 is 1.37 bits per heavy atom. The van der Waals surface area contributed by atoms with Gasteiger partial charge in [-0.25, -0.2) is 0 Å². The Bertz CT molecular complexity index is 638. The molecule has 19 heavy (non-hydrogen) atoms. The van der Waals surface area contributed by atoms with Gasteiger partial charge in [-0.05, 0) is 31.4 Å². The molecule has 0 saturated heterocycles. The van der Waals surface area contributed by atoms with Crippen LogP contribution in [0.25, 0.3) is 10.9 Å². The zero-order chi connectivity index (χ0) is 14.0. The number of rotatable bonds is 4. The van der Waals surface area contributed by atoms with E-state index in [1.165, 1.54) is 11.8 Å². The Labute approximate surface area is 117 Å². The number of para-hydroxylation sites is 1. The van der Waals surface area contributed by atoms with Gasteiger partial charge in [-0.15, -0.1) is 11.8 Å². The molecule has 0 amide bonds. The Morgan fingerprint density at radius 2 is 2.11 bits per heavy atom. The highest BCUT2D eigenvalue weighted by atomic mass is 32.2. The number of carboxylic acid groups (broad SMARTS) is 1. The number of aliphatic carboxylic acids is 1. The van der Waals surface area contributed by atoms with E-state index in [9.17, 15) is 4.79 Å². The number of aromatic nitrogens is 1. The first-order valence-corrected chi connectivity index (χ1v) is 7.26. The van der Waals surface area contributed by atoms with Crippen LogP contribution in [-0.4, -0.2) is 21.8 Å². The van der Waals surface area contributed by atoms with E-state index >= 15 is 0 Å². The fourth-order valence-electron chi connectivity index (χ4n) is 2.27. The minimum Gasteiger partial charge on any atom is -0.481 e. The van der Waals surface area contributed by atoms with Crippen molar-refractivity contribution in [3.8, 4) is 0 Å². The summed E-state index contributed by atoms with van der Waals surface area (Å²) in [5, 5.41) is 9.96. The molecular weight excluding hydrogens is 258 g/mol. The summed E-state index contributed by atoms with van der Waals surface area (Å²) in [5.74, 6) is -0.707. The van der Waals surface area contributed by atoms with E-state index in [4.69, 9.17) is 5.11 Å². The Kier molecular flexibility index (Phi) is 4.10. The fraction of sp³-hybridized carbons (Fsp3) is 0.333. The molecule has 3 nitrogen and oxygen atoms in total. The molecule has 100 valence electrons. The van der Waals surface area contributed by atoms with Crippen molar-refractivity contribution in [2.24, 2.45) is 0 Å². The minimum absolute atomic E-state index is 0.0828. The van der Waals surface area contributed by atoms with Crippen molar-refractivity contribution < 1.29 is 9.90 Å². The summed E-state index contributed by atoms with van der Waals surface area (Å²) in [5.41, 5.74) is 4.26. The van der Waals surface area contributed by atoms with Gasteiger partial charge in [-0.2, -0.15) is 0 Å². The van der Waals surface area contributed by atoms with E-state index in [0.29, 0.717) is 0 Å². The molecule has 4 heteroatoms. The van der Waals surface area contributed by atoms with Crippen LogP contribution in [0, 0.1) is 13.8 Å². The summed E-state index contributed by atoms with van der Waals surface area (Å²) in [6, 6.07) is 6.06. The topological polar surface area (TPSA) is 50.2 Å². The number of pyridine rings is 1. The molecule has 2 aromatic rings. The van der Waals surface area contributed by atoms with Gasteiger partial charge in [0.1, 0.15) is 0 Å². The maximum absolute atomic E-state index is 10.8. The van der Waals surface area contributed by atoms with Crippen LogP contribution < -0.4 is 0 Å². The van der Waals surface area contributed by atoms with Gasteiger partial charge >= 0.3 is 5.97 Å². The van der Waals surface area contributed by atoms with Crippen LogP contribution >= 0.6 is 11.8 Å². The summed E-state index contributed by atoms with van der Waals surface area (Å²) < 4.78 is 0. The van der Waals surface area contributed by atoms with Gasteiger partial charge in [-0.1, -0.05) is 25.1 Å². The van der Waals surface area contributed by atoms with Crippen LogP contribution in [0.15, 0.2) is 23.1 Å². The van der Waals surface area contributed by atoms with Crippen LogP contribution in [0.2, 0.25) is 0 Å². The van der Waals surface area contributed by atoms with Crippen molar-refractivity contribution in [3.63, 3.8) is 0 Å². The van der Waals surface area contributed by atoms with Crippen LogP contribution in [-0.2, 0) is 11.2 Å². The molecule has 0 unspecified atom stereocenters. The highest BCUT2D eigenvalue weighted by Crippen LogP contribution is 2.33. The largest absolute Gasteiger partial charge is 0.481 e. The number of fused-ring (bicyclic) bond motifs is 1. The minimum atomic E-state index is -0.790. The number of hydrogen-bond acceptors (Lipinski definition) is 3. The highest BCUT2D eigenvalue weighted by molar-refractivity contribution is 8.00. The van der Waals surface area contributed by atoms with Gasteiger partial charge in [0.05, 0.1) is 11.3 Å². The van der Waals surface area contributed by atoms with Gasteiger partial charge < -0.3 is 5.11 Å². The lowest BCUT2D eigenvalue weighted by molar-refractivity contribution is -0.133. The molecule has 0 atom stereocenters. The Balaban J connectivity index is 2.68. The third-order valence-corrected chi connectivity index (χ3v) is 4.31. The zero-order valence-corrected chi connectivity index (χ0v) is 12.2. The molecule has 1 aromatic heterocycles. The Hall–Kier alpha value is -1.55. The zero-order valence-electron chi connectivity index (χ0n) is 11.4. The van der Waals surface area contributed by atoms with Gasteiger partial charge in [0, 0.05) is 16.0 Å². The van der Waals surface area contributed by atoms with Crippen molar-refractivity contribution in [2.45, 2.75) is 32.1 Å². The smallest absolute Gasteiger partial charge is 0.313 e. The monoisotopic (exact) mass is 275 g/mol. The summed E-state index contributed by atoms with van der Waals surface area (Å²) in [6.45, 7) is 6.11. The number of nitrogens with zero attached hydrogens (tertiary/aromatic N) is 1. The van der Waals surface area contributed by atoms with Gasteiger partial charge in [-0.3, -0.25) is 9.78 Å². The second kappa shape index (κ2) is 5.61. The van der Waals surface area contributed by atoms with E-state index in [2.05, 4.69) is 11.9 Å². The lowest BCUT2D eigenvalue weighted by Gasteiger charge is -2.14. The lowest BCUT2D eigenvalue weighted by atomic mass is 10.0. The van der Waals surface area contributed by atoms with E-state index < -0.39 is 5.97 Å². The first kappa shape index (κ1) is 13.9. The lowest BCUT2D eigenvalue weighted by Crippen LogP contribution is -2.02. The summed E-state index contributed by atoms with van der Waals surface area (Å²) in [4.78, 5) is 16.6. The molecule has 1 aromatic carbocycles. The van der Waals surface area contributed by atoms with E-state index in [1.807, 2.05) is 32.0 Å². The normalized spacial score (nSPS) is 10.9. The standard InChI is InChI=1S/C15H17NO2S/c1-4-11-10(3)16-14-9(2)6-5-7-12(14)15(11)19-8-13(17)18/h5-7H,4,8H2,1-3H3,(H,17,18). The molecule has 0 fully saturated rings. The van der Waals surface area contributed by atoms with Gasteiger partial charge in [0.2, 0.25) is 0 Å². The quantitative estimate of drug-likeness (QED) is 0.866. The third kappa shape index (κ3) is 2.73.